The Morgan fingerprint density at radius 3 is 2.86 bits per heavy atom. The Hall–Kier alpha value is -1.79. The standard InChI is InChI=1S/C22H35N3O3/c1-17-6-9-19(21(13-17)28-15-18-7-8-18)14-25-22(23-2)24-10-4-11-26-16-20-5-3-12-27-20/h6,9,13,18,20H,3-5,7-8,10-12,14-16H2,1-2H3,(H2,23,24,25). The van der Waals surface area contributed by atoms with Crippen LogP contribution in [0.4, 0.5) is 0 Å². The molecule has 2 N–H and O–H groups in total. The number of aliphatic imine (C=N–C) groups is 1. The van der Waals surface area contributed by atoms with Crippen LogP contribution in [0, 0.1) is 12.8 Å². The second kappa shape index (κ2) is 11.3. The number of rotatable bonds is 11. The van der Waals surface area contributed by atoms with Crippen molar-refractivity contribution in [2.24, 2.45) is 10.9 Å². The first kappa shape index (κ1) is 20.9. The van der Waals surface area contributed by atoms with E-state index in [1.54, 1.807) is 7.05 Å². The van der Waals surface area contributed by atoms with Gasteiger partial charge in [-0.05, 0) is 56.6 Å². The number of nitrogens with zero attached hydrogens (tertiary/aromatic N) is 1. The van der Waals surface area contributed by atoms with Crippen LogP contribution >= 0.6 is 0 Å². The second-order valence-electron chi connectivity index (χ2n) is 7.78. The smallest absolute Gasteiger partial charge is 0.191 e. The summed E-state index contributed by atoms with van der Waals surface area (Å²) in [5.41, 5.74) is 2.38. The zero-order valence-corrected chi connectivity index (χ0v) is 17.3. The lowest BCUT2D eigenvalue weighted by Gasteiger charge is -2.15. The van der Waals surface area contributed by atoms with E-state index in [2.05, 4.69) is 40.7 Å². The molecule has 1 aliphatic heterocycles. The first-order chi connectivity index (χ1) is 13.7. The summed E-state index contributed by atoms with van der Waals surface area (Å²) in [6.07, 6.45) is 6.12. The lowest BCUT2D eigenvalue weighted by molar-refractivity contribution is 0.0168. The normalized spacial score (nSPS) is 19.6. The van der Waals surface area contributed by atoms with Gasteiger partial charge in [0, 0.05) is 38.9 Å². The highest BCUT2D eigenvalue weighted by Gasteiger charge is 2.22. The molecule has 0 bridgehead atoms. The van der Waals surface area contributed by atoms with Gasteiger partial charge in [-0.3, -0.25) is 4.99 Å². The molecule has 28 heavy (non-hydrogen) atoms. The maximum Gasteiger partial charge on any atom is 0.191 e. The van der Waals surface area contributed by atoms with Gasteiger partial charge in [0.25, 0.3) is 0 Å². The third kappa shape index (κ3) is 7.32. The van der Waals surface area contributed by atoms with E-state index in [-0.39, 0.29) is 0 Å². The monoisotopic (exact) mass is 389 g/mol. The van der Waals surface area contributed by atoms with Crippen molar-refractivity contribution >= 4 is 5.96 Å². The molecule has 156 valence electrons. The highest BCUT2D eigenvalue weighted by Crippen LogP contribution is 2.30. The van der Waals surface area contributed by atoms with Gasteiger partial charge in [0.15, 0.2) is 5.96 Å². The Morgan fingerprint density at radius 1 is 1.21 bits per heavy atom. The molecule has 1 aliphatic carbocycles. The second-order valence-corrected chi connectivity index (χ2v) is 7.78. The maximum atomic E-state index is 6.05. The lowest BCUT2D eigenvalue weighted by atomic mass is 10.1. The van der Waals surface area contributed by atoms with Crippen LogP contribution in [0.1, 0.15) is 43.2 Å². The van der Waals surface area contributed by atoms with Gasteiger partial charge in [0.2, 0.25) is 0 Å². The molecule has 0 amide bonds. The topological polar surface area (TPSA) is 64.1 Å². The Balaban J connectivity index is 1.34. The molecule has 1 saturated heterocycles. The zero-order chi connectivity index (χ0) is 19.6. The highest BCUT2D eigenvalue weighted by atomic mass is 16.5. The zero-order valence-electron chi connectivity index (χ0n) is 17.3. The van der Waals surface area contributed by atoms with Crippen molar-refractivity contribution in [1.82, 2.24) is 10.6 Å². The summed E-state index contributed by atoms with van der Waals surface area (Å²) in [5.74, 6) is 2.53. The minimum atomic E-state index is 0.299. The number of nitrogens with one attached hydrogen (secondary N) is 2. The van der Waals surface area contributed by atoms with Crippen molar-refractivity contribution in [3.8, 4) is 5.75 Å². The van der Waals surface area contributed by atoms with Gasteiger partial charge in [-0.15, -0.1) is 0 Å². The fourth-order valence-corrected chi connectivity index (χ4v) is 3.21. The Kier molecular flexibility index (Phi) is 8.42. The van der Waals surface area contributed by atoms with Crippen LogP contribution in [0.15, 0.2) is 23.2 Å². The highest BCUT2D eigenvalue weighted by molar-refractivity contribution is 5.79. The number of guanidine groups is 1. The van der Waals surface area contributed by atoms with Gasteiger partial charge in [0.1, 0.15) is 5.75 Å². The van der Waals surface area contributed by atoms with Gasteiger partial charge in [-0.2, -0.15) is 0 Å². The Morgan fingerprint density at radius 2 is 2.11 bits per heavy atom. The molecule has 0 radical (unpaired) electrons. The van der Waals surface area contributed by atoms with E-state index in [1.807, 2.05) is 0 Å². The van der Waals surface area contributed by atoms with Crippen molar-refractivity contribution in [3.63, 3.8) is 0 Å². The minimum Gasteiger partial charge on any atom is -0.493 e. The Bertz CT molecular complexity index is 625. The van der Waals surface area contributed by atoms with Crippen molar-refractivity contribution in [3.05, 3.63) is 29.3 Å². The fourth-order valence-electron chi connectivity index (χ4n) is 3.21. The third-order valence-electron chi connectivity index (χ3n) is 5.15. The average Bonchev–Trinajstić information content (AvgIpc) is 3.39. The molecule has 1 aromatic rings. The maximum absolute atomic E-state index is 6.05. The lowest BCUT2D eigenvalue weighted by Crippen LogP contribution is -2.37. The van der Waals surface area contributed by atoms with E-state index in [4.69, 9.17) is 14.2 Å². The first-order valence-electron chi connectivity index (χ1n) is 10.6. The molecule has 1 saturated carbocycles. The summed E-state index contributed by atoms with van der Waals surface area (Å²) >= 11 is 0. The summed E-state index contributed by atoms with van der Waals surface area (Å²) in [4.78, 5) is 4.31. The number of ether oxygens (including phenoxy) is 3. The van der Waals surface area contributed by atoms with E-state index in [1.165, 1.54) is 18.4 Å². The van der Waals surface area contributed by atoms with Crippen molar-refractivity contribution < 1.29 is 14.2 Å². The predicted molar refractivity (Wildman–Crippen MR) is 112 cm³/mol. The summed E-state index contributed by atoms with van der Waals surface area (Å²) < 4.78 is 17.3. The van der Waals surface area contributed by atoms with Gasteiger partial charge in [-0.25, -0.2) is 0 Å². The van der Waals surface area contributed by atoms with Crippen LogP contribution in [0.3, 0.4) is 0 Å². The molecule has 1 unspecified atom stereocenters. The molecule has 1 atom stereocenters. The number of hydrogen-bond donors (Lipinski definition) is 2. The van der Waals surface area contributed by atoms with Gasteiger partial charge < -0.3 is 24.8 Å². The van der Waals surface area contributed by atoms with Crippen LogP contribution in [-0.2, 0) is 16.0 Å². The molecule has 2 aliphatic rings. The molecule has 6 nitrogen and oxygen atoms in total. The van der Waals surface area contributed by atoms with E-state index in [9.17, 15) is 0 Å². The SMILES string of the molecule is CN=C(NCCCOCC1CCCO1)NCc1ccc(C)cc1OCC1CC1. The number of benzene rings is 1. The molecule has 0 spiro atoms. The summed E-state index contributed by atoms with van der Waals surface area (Å²) in [6, 6.07) is 6.39. The third-order valence-corrected chi connectivity index (χ3v) is 5.15. The number of hydrogen-bond acceptors (Lipinski definition) is 4. The summed E-state index contributed by atoms with van der Waals surface area (Å²) in [5, 5.41) is 6.73. The molecule has 2 fully saturated rings. The van der Waals surface area contributed by atoms with E-state index >= 15 is 0 Å². The molecule has 1 aromatic carbocycles. The van der Waals surface area contributed by atoms with E-state index in [0.29, 0.717) is 19.3 Å². The van der Waals surface area contributed by atoms with Gasteiger partial charge in [-0.1, -0.05) is 12.1 Å². The van der Waals surface area contributed by atoms with Crippen molar-refractivity contribution in [2.75, 3.05) is 40.0 Å². The van der Waals surface area contributed by atoms with Crippen molar-refractivity contribution in [1.29, 1.82) is 0 Å². The van der Waals surface area contributed by atoms with Crippen LogP contribution in [0.2, 0.25) is 0 Å². The minimum absolute atomic E-state index is 0.299. The molecular formula is C22H35N3O3. The van der Waals surface area contributed by atoms with Crippen LogP contribution in [0.25, 0.3) is 0 Å². The van der Waals surface area contributed by atoms with Gasteiger partial charge >= 0.3 is 0 Å². The average molecular weight is 390 g/mol. The largest absolute Gasteiger partial charge is 0.493 e. The quantitative estimate of drug-likeness (QED) is 0.346. The molecule has 6 heteroatoms. The Labute approximate surface area is 169 Å². The van der Waals surface area contributed by atoms with Crippen LogP contribution in [-0.4, -0.2) is 52.1 Å². The molecule has 1 heterocycles. The summed E-state index contributed by atoms with van der Waals surface area (Å²) in [7, 11) is 1.79. The van der Waals surface area contributed by atoms with Crippen LogP contribution in [0.5, 0.6) is 5.75 Å². The van der Waals surface area contributed by atoms with E-state index < -0.39 is 0 Å². The molecule has 3 rings (SSSR count). The predicted octanol–water partition coefficient (Wildman–Crippen LogP) is 3.03. The van der Waals surface area contributed by atoms with E-state index in [0.717, 1.165) is 68.8 Å². The van der Waals surface area contributed by atoms with Crippen molar-refractivity contribution in [2.45, 2.75) is 51.7 Å². The molecular weight excluding hydrogens is 354 g/mol. The molecule has 0 aromatic heterocycles. The number of aryl methyl sites for hydroxylation is 1. The first-order valence-corrected chi connectivity index (χ1v) is 10.6. The van der Waals surface area contributed by atoms with Gasteiger partial charge in [0.05, 0.1) is 19.3 Å². The summed E-state index contributed by atoms with van der Waals surface area (Å²) in [6.45, 7) is 6.77. The van der Waals surface area contributed by atoms with Crippen LogP contribution < -0.4 is 15.4 Å². The fraction of sp³-hybridized carbons (Fsp3) is 0.682.